The Morgan fingerprint density at radius 3 is 2.92 bits per heavy atom. The number of nitrogens with one attached hydrogen (secondary N) is 1. The Kier molecular flexibility index (Phi) is 1.49. The number of carbonyl (C=O) groups is 1. The molecule has 2 radical (unpaired) electrons. The summed E-state index contributed by atoms with van der Waals surface area (Å²) >= 11 is 0. The van der Waals surface area contributed by atoms with Crippen LogP contribution in [0.25, 0.3) is 0 Å². The molecule has 0 saturated heterocycles. The van der Waals surface area contributed by atoms with E-state index in [-0.39, 0.29) is 11.7 Å². The van der Waals surface area contributed by atoms with Gasteiger partial charge in [-0.05, 0) is 23.8 Å². The molecule has 1 N–H and O–H groups in total. The number of benzene rings is 1. The average molecular weight is 175 g/mol. The monoisotopic (exact) mass is 175 g/mol. The van der Waals surface area contributed by atoms with Crippen molar-refractivity contribution in [1.29, 1.82) is 0 Å². The third-order valence-corrected chi connectivity index (χ3v) is 2.26. The zero-order valence-electron chi connectivity index (χ0n) is 7.10. The first-order valence-electron chi connectivity index (χ1n) is 3.92. The molecule has 0 spiro atoms. The van der Waals surface area contributed by atoms with Gasteiger partial charge in [0.25, 0.3) is 0 Å². The lowest BCUT2D eigenvalue weighted by Crippen LogP contribution is -2.31. The molecule has 1 unspecified atom stereocenters. The molecule has 1 atom stereocenters. The number of fused-ring (bicyclic) bond motifs is 1. The topological polar surface area (TPSA) is 29.1 Å². The summed E-state index contributed by atoms with van der Waals surface area (Å²) in [6, 6.07) is 4.09. The summed E-state index contributed by atoms with van der Waals surface area (Å²) in [6.45, 7) is 1.56. The highest BCUT2D eigenvalue weighted by Gasteiger charge is 2.37. The summed E-state index contributed by atoms with van der Waals surface area (Å²) in [5.41, 5.74) is 1.11. The number of hydrogen-bond acceptors (Lipinski definition) is 1. The maximum atomic E-state index is 12.8. The second-order valence-electron chi connectivity index (χ2n) is 3.35. The maximum Gasteiger partial charge on any atom is 0.225 e. The molecular weight excluding hydrogens is 168 g/mol. The molecule has 2 rings (SSSR count). The highest BCUT2D eigenvalue weighted by Crippen LogP contribution is 2.35. The van der Waals surface area contributed by atoms with E-state index >= 15 is 0 Å². The van der Waals surface area contributed by atoms with Crippen LogP contribution in [0.2, 0.25) is 0 Å². The molecule has 0 bridgehead atoms. The van der Waals surface area contributed by atoms with Crippen LogP contribution < -0.4 is 5.32 Å². The number of rotatable bonds is 0. The molecule has 0 fully saturated rings. The van der Waals surface area contributed by atoms with E-state index in [0.29, 0.717) is 11.3 Å². The van der Waals surface area contributed by atoms with E-state index in [0.717, 1.165) is 0 Å². The number of carbonyl (C=O) groups excluding carboxylic acids is 1. The van der Waals surface area contributed by atoms with Crippen LogP contribution in [0.3, 0.4) is 0 Å². The lowest BCUT2D eigenvalue weighted by atomic mass is 9.66. The second kappa shape index (κ2) is 2.34. The summed E-state index contributed by atoms with van der Waals surface area (Å²) < 4.78 is 12.8. The molecule has 13 heavy (non-hydrogen) atoms. The zero-order chi connectivity index (χ0) is 9.64. The van der Waals surface area contributed by atoms with Gasteiger partial charge in [0, 0.05) is 11.0 Å². The molecule has 1 amide bonds. The van der Waals surface area contributed by atoms with Gasteiger partial charge in [-0.3, -0.25) is 4.79 Å². The van der Waals surface area contributed by atoms with E-state index in [2.05, 4.69) is 5.32 Å². The van der Waals surface area contributed by atoms with Gasteiger partial charge in [-0.2, -0.15) is 0 Å². The Hall–Kier alpha value is -1.32. The highest BCUT2D eigenvalue weighted by atomic mass is 19.1. The van der Waals surface area contributed by atoms with Gasteiger partial charge in [0.05, 0.1) is 7.85 Å². The number of halogens is 1. The lowest BCUT2D eigenvalue weighted by Gasteiger charge is -2.14. The van der Waals surface area contributed by atoms with Gasteiger partial charge in [-0.15, -0.1) is 0 Å². The van der Waals surface area contributed by atoms with Crippen molar-refractivity contribution in [1.82, 2.24) is 0 Å². The highest BCUT2D eigenvalue weighted by molar-refractivity contribution is 6.33. The van der Waals surface area contributed by atoms with Crippen LogP contribution in [0.15, 0.2) is 18.2 Å². The Morgan fingerprint density at radius 2 is 2.23 bits per heavy atom. The van der Waals surface area contributed by atoms with E-state index in [1.54, 1.807) is 6.92 Å². The lowest BCUT2D eigenvalue weighted by molar-refractivity contribution is -0.117. The quantitative estimate of drug-likeness (QED) is 0.589. The van der Waals surface area contributed by atoms with Gasteiger partial charge in [-0.1, -0.05) is 6.92 Å². The van der Waals surface area contributed by atoms with Crippen LogP contribution in [0.1, 0.15) is 12.5 Å². The van der Waals surface area contributed by atoms with Crippen LogP contribution in [0.5, 0.6) is 0 Å². The van der Waals surface area contributed by atoms with Crippen molar-refractivity contribution in [2.24, 2.45) is 0 Å². The van der Waals surface area contributed by atoms with E-state index in [1.165, 1.54) is 18.2 Å². The first-order valence-corrected chi connectivity index (χ1v) is 3.92. The molecule has 0 aromatic heterocycles. The third kappa shape index (κ3) is 1.05. The standard InChI is InChI=1S/C9H7BFNO/c1-9(10)6-4-5(11)2-3-7(6)12-8(9)13/h2-4H,1H3,(H,12,13). The first-order chi connectivity index (χ1) is 6.01. The van der Waals surface area contributed by atoms with Gasteiger partial charge < -0.3 is 5.32 Å². The Balaban J connectivity index is 2.64. The van der Waals surface area contributed by atoms with Crippen LogP contribution in [0, 0.1) is 5.82 Å². The fourth-order valence-electron chi connectivity index (χ4n) is 1.43. The predicted octanol–water partition coefficient (Wildman–Crippen LogP) is 1.16. The SMILES string of the molecule is [B]C1(C)C(=O)Nc2ccc(F)cc21. The Bertz CT molecular complexity index is 389. The van der Waals surface area contributed by atoms with Gasteiger partial charge >= 0.3 is 0 Å². The number of hydrogen-bond donors (Lipinski definition) is 1. The molecule has 1 aliphatic rings. The molecule has 1 heterocycles. The van der Waals surface area contributed by atoms with Crippen LogP contribution >= 0.6 is 0 Å². The van der Waals surface area contributed by atoms with E-state index in [1.807, 2.05) is 0 Å². The number of amides is 1. The zero-order valence-corrected chi connectivity index (χ0v) is 7.10. The van der Waals surface area contributed by atoms with Crippen molar-refractivity contribution in [2.75, 3.05) is 5.32 Å². The van der Waals surface area contributed by atoms with Gasteiger partial charge in [0.1, 0.15) is 5.82 Å². The Morgan fingerprint density at radius 1 is 1.54 bits per heavy atom. The molecule has 4 heteroatoms. The smallest absolute Gasteiger partial charge is 0.225 e. The average Bonchev–Trinajstić information content (AvgIpc) is 2.27. The summed E-state index contributed by atoms with van der Waals surface area (Å²) in [5, 5.41) is 1.47. The van der Waals surface area contributed by atoms with Crippen molar-refractivity contribution in [2.45, 2.75) is 12.2 Å². The van der Waals surface area contributed by atoms with Crippen LogP contribution in [0.4, 0.5) is 10.1 Å². The van der Waals surface area contributed by atoms with Crippen LogP contribution in [-0.4, -0.2) is 13.8 Å². The van der Waals surface area contributed by atoms with Crippen molar-refractivity contribution in [3.63, 3.8) is 0 Å². The summed E-state index contributed by atoms with van der Waals surface area (Å²) in [5.74, 6) is -0.681. The summed E-state index contributed by atoms with van der Waals surface area (Å²) in [4.78, 5) is 11.3. The summed E-state index contributed by atoms with van der Waals surface area (Å²) in [7, 11) is 5.72. The van der Waals surface area contributed by atoms with Crippen molar-refractivity contribution in [3.05, 3.63) is 29.6 Å². The minimum atomic E-state index is -1.11. The normalized spacial score (nSPS) is 25.5. The minimum absolute atomic E-state index is 0.298. The molecular formula is C9H7BFNO. The van der Waals surface area contributed by atoms with Crippen molar-refractivity contribution < 1.29 is 9.18 Å². The van der Waals surface area contributed by atoms with Crippen molar-refractivity contribution in [3.8, 4) is 0 Å². The minimum Gasteiger partial charge on any atom is -0.326 e. The van der Waals surface area contributed by atoms with Crippen LogP contribution in [-0.2, 0) is 10.1 Å². The first kappa shape index (κ1) is 8.29. The second-order valence-corrected chi connectivity index (χ2v) is 3.35. The van der Waals surface area contributed by atoms with E-state index < -0.39 is 5.31 Å². The molecule has 0 saturated carbocycles. The van der Waals surface area contributed by atoms with Gasteiger partial charge in [-0.25, -0.2) is 4.39 Å². The van der Waals surface area contributed by atoms with Gasteiger partial charge in [0.2, 0.25) is 5.91 Å². The molecule has 1 aromatic rings. The summed E-state index contributed by atoms with van der Waals surface area (Å²) in [6.07, 6.45) is 0. The number of anilines is 1. The fraction of sp³-hybridized carbons (Fsp3) is 0.222. The van der Waals surface area contributed by atoms with E-state index in [9.17, 15) is 9.18 Å². The molecule has 1 aromatic carbocycles. The Labute approximate surface area is 76.5 Å². The van der Waals surface area contributed by atoms with Crippen molar-refractivity contribution >= 4 is 19.4 Å². The molecule has 64 valence electrons. The largest absolute Gasteiger partial charge is 0.326 e. The van der Waals surface area contributed by atoms with E-state index in [4.69, 9.17) is 7.85 Å². The molecule has 0 aliphatic carbocycles. The molecule has 2 nitrogen and oxygen atoms in total. The molecule has 1 aliphatic heterocycles. The predicted molar refractivity (Wildman–Crippen MR) is 48.1 cm³/mol. The third-order valence-electron chi connectivity index (χ3n) is 2.26. The maximum absolute atomic E-state index is 12.8. The fourth-order valence-corrected chi connectivity index (χ4v) is 1.43. The van der Waals surface area contributed by atoms with Gasteiger partial charge in [0.15, 0.2) is 0 Å².